The van der Waals surface area contributed by atoms with Crippen molar-refractivity contribution >= 4 is 29.9 Å². The summed E-state index contributed by atoms with van der Waals surface area (Å²) in [5, 5.41) is 6.70. The van der Waals surface area contributed by atoms with Gasteiger partial charge in [-0.25, -0.2) is 0 Å². The summed E-state index contributed by atoms with van der Waals surface area (Å²) in [4.78, 5) is 6.12. The predicted molar refractivity (Wildman–Crippen MR) is 121 cm³/mol. The van der Waals surface area contributed by atoms with Gasteiger partial charge in [0.15, 0.2) is 5.96 Å². The molecule has 2 rings (SSSR count). The molecule has 29 heavy (non-hydrogen) atoms. The van der Waals surface area contributed by atoms with Crippen LogP contribution in [0.25, 0.3) is 0 Å². The molecule has 1 aliphatic heterocycles. The first kappa shape index (κ1) is 26.1. The molecule has 168 valence electrons. The number of hydrogen-bond acceptors (Lipinski definition) is 3. The topological polar surface area (TPSA) is 52.8 Å². The molecule has 0 unspecified atom stereocenters. The van der Waals surface area contributed by atoms with Crippen LogP contribution in [0.3, 0.4) is 0 Å². The lowest BCUT2D eigenvalue weighted by atomic mass is 9.93. The van der Waals surface area contributed by atoms with Gasteiger partial charge < -0.3 is 15.1 Å². The van der Waals surface area contributed by atoms with Gasteiger partial charge in [0.1, 0.15) is 5.76 Å². The highest BCUT2D eigenvalue weighted by Crippen LogP contribution is 2.23. The number of hydrogen-bond donors (Lipinski definition) is 2. The van der Waals surface area contributed by atoms with Gasteiger partial charge in [-0.15, -0.1) is 24.0 Å². The average molecular weight is 530 g/mol. The molecule has 0 aromatic carbocycles. The predicted octanol–water partition coefficient (Wildman–Crippen LogP) is 4.30. The average Bonchev–Trinajstić information content (AvgIpc) is 3.12. The maximum Gasteiger partial charge on any atom is 0.401 e. The lowest BCUT2D eigenvalue weighted by molar-refractivity contribution is -0.148. The Labute approximate surface area is 188 Å². The molecule has 2 N–H and O–H groups in total. The van der Waals surface area contributed by atoms with Crippen LogP contribution in [0.1, 0.15) is 38.9 Å². The molecule has 9 heteroatoms. The van der Waals surface area contributed by atoms with Crippen molar-refractivity contribution in [3.63, 3.8) is 0 Å². The Hall–Kier alpha value is -0.970. The molecule has 1 aromatic rings. The first-order chi connectivity index (χ1) is 13.3. The van der Waals surface area contributed by atoms with Crippen molar-refractivity contribution in [1.82, 2.24) is 15.5 Å². The number of guanidine groups is 1. The molecule has 0 amide bonds. The van der Waals surface area contributed by atoms with Crippen molar-refractivity contribution in [2.45, 2.75) is 45.7 Å². The van der Waals surface area contributed by atoms with E-state index in [0.717, 1.165) is 57.0 Å². The number of furan rings is 1. The normalized spacial score (nSPS) is 16.7. The van der Waals surface area contributed by atoms with E-state index in [1.165, 1.54) is 4.90 Å². The second-order valence-corrected chi connectivity index (χ2v) is 7.89. The van der Waals surface area contributed by atoms with E-state index in [1.807, 2.05) is 12.1 Å². The smallest absolute Gasteiger partial charge is 0.401 e. The standard InChI is InChI=1S/C20H33F3N4O.HI/c1-16(2)14-26-19(25-10-6-18-4-3-13-28-18)24-9-5-17-7-11-27(12-8-17)15-20(21,22)23;/h3-4,13,16-17H,5-12,14-15H2,1-2H3,(H2,24,25,26);1H. The maximum atomic E-state index is 12.5. The molecule has 2 heterocycles. The summed E-state index contributed by atoms with van der Waals surface area (Å²) < 4.78 is 42.8. The summed E-state index contributed by atoms with van der Waals surface area (Å²) in [6.07, 6.45) is 0.941. The van der Waals surface area contributed by atoms with E-state index >= 15 is 0 Å². The summed E-state index contributed by atoms with van der Waals surface area (Å²) in [7, 11) is 0. The van der Waals surface area contributed by atoms with Gasteiger partial charge in [0.25, 0.3) is 0 Å². The highest BCUT2D eigenvalue weighted by atomic mass is 127. The van der Waals surface area contributed by atoms with Crippen LogP contribution in [-0.2, 0) is 6.42 Å². The summed E-state index contributed by atoms with van der Waals surface area (Å²) in [5.41, 5.74) is 0. The fraction of sp³-hybridized carbons (Fsp3) is 0.750. The largest absolute Gasteiger partial charge is 0.469 e. The number of likely N-dealkylation sites (tertiary alicyclic amines) is 1. The van der Waals surface area contributed by atoms with Gasteiger partial charge in [0, 0.05) is 26.1 Å². The lowest BCUT2D eigenvalue weighted by Gasteiger charge is -2.32. The summed E-state index contributed by atoms with van der Waals surface area (Å²) in [5.74, 6) is 2.66. The van der Waals surface area contributed by atoms with Crippen LogP contribution in [-0.4, -0.2) is 56.3 Å². The first-order valence-electron chi connectivity index (χ1n) is 10.2. The van der Waals surface area contributed by atoms with Gasteiger partial charge in [-0.05, 0) is 56.3 Å². The quantitative estimate of drug-likeness (QED) is 0.284. The third-order valence-electron chi connectivity index (χ3n) is 4.81. The van der Waals surface area contributed by atoms with Gasteiger partial charge in [-0.3, -0.25) is 9.89 Å². The van der Waals surface area contributed by atoms with E-state index < -0.39 is 12.7 Å². The molecule has 1 saturated heterocycles. The van der Waals surface area contributed by atoms with Crippen LogP contribution < -0.4 is 10.6 Å². The van der Waals surface area contributed by atoms with Crippen molar-refractivity contribution in [3.8, 4) is 0 Å². The highest BCUT2D eigenvalue weighted by molar-refractivity contribution is 14.0. The van der Waals surface area contributed by atoms with Gasteiger partial charge >= 0.3 is 6.18 Å². The number of rotatable bonds is 9. The first-order valence-corrected chi connectivity index (χ1v) is 10.2. The van der Waals surface area contributed by atoms with Crippen LogP contribution in [0.2, 0.25) is 0 Å². The fourth-order valence-electron chi connectivity index (χ4n) is 3.29. The molecule has 1 aliphatic rings. The second kappa shape index (κ2) is 13.4. The monoisotopic (exact) mass is 530 g/mol. The van der Waals surface area contributed by atoms with Gasteiger partial charge in [-0.2, -0.15) is 13.2 Å². The molecule has 1 aromatic heterocycles. The number of alkyl halides is 3. The Morgan fingerprint density at radius 2 is 1.93 bits per heavy atom. The Bertz CT molecular complexity index is 571. The number of halogens is 4. The molecule has 0 atom stereocenters. The van der Waals surface area contributed by atoms with E-state index in [0.29, 0.717) is 24.9 Å². The van der Waals surface area contributed by atoms with Crippen LogP contribution in [0, 0.1) is 11.8 Å². The van der Waals surface area contributed by atoms with Crippen molar-refractivity contribution in [2.75, 3.05) is 39.3 Å². The van der Waals surface area contributed by atoms with Gasteiger partial charge in [-0.1, -0.05) is 13.8 Å². The summed E-state index contributed by atoms with van der Waals surface area (Å²) in [6, 6.07) is 3.83. The zero-order valence-electron chi connectivity index (χ0n) is 17.3. The molecular formula is C20H34F3IN4O. The second-order valence-electron chi connectivity index (χ2n) is 7.89. The van der Waals surface area contributed by atoms with E-state index in [4.69, 9.17) is 4.42 Å². The van der Waals surface area contributed by atoms with Crippen molar-refractivity contribution in [1.29, 1.82) is 0 Å². The minimum Gasteiger partial charge on any atom is -0.469 e. The Morgan fingerprint density at radius 1 is 1.24 bits per heavy atom. The highest BCUT2D eigenvalue weighted by Gasteiger charge is 2.32. The third kappa shape index (κ3) is 11.7. The van der Waals surface area contributed by atoms with Crippen LogP contribution in [0.4, 0.5) is 13.2 Å². The third-order valence-corrected chi connectivity index (χ3v) is 4.81. The molecule has 5 nitrogen and oxygen atoms in total. The van der Waals surface area contributed by atoms with E-state index in [-0.39, 0.29) is 24.0 Å². The van der Waals surface area contributed by atoms with Gasteiger partial charge in [0.2, 0.25) is 0 Å². The maximum absolute atomic E-state index is 12.5. The molecule has 0 radical (unpaired) electrons. The van der Waals surface area contributed by atoms with Crippen molar-refractivity contribution < 1.29 is 17.6 Å². The Kier molecular flexibility index (Phi) is 12.0. The number of aliphatic imine (C=N–C) groups is 1. The number of nitrogens with zero attached hydrogens (tertiary/aromatic N) is 2. The molecule has 1 fully saturated rings. The molecule has 0 bridgehead atoms. The Morgan fingerprint density at radius 3 is 2.52 bits per heavy atom. The molecule has 0 saturated carbocycles. The minimum atomic E-state index is -4.10. The van der Waals surface area contributed by atoms with Crippen molar-refractivity contribution in [3.05, 3.63) is 24.2 Å². The van der Waals surface area contributed by atoms with Crippen molar-refractivity contribution in [2.24, 2.45) is 16.8 Å². The number of piperidine rings is 1. The minimum absolute atomic E-state index is 0. The summed E-state index contributed by atoms with van der Waals surface area (Å²) >= 11 is 0. The van der Waals surface area contributed by atoms with Gasteiger partial charge in [0.05, 0.1) is 12.8 Å². The fourth-order valence-corrected chi connectivity index (χ4v) is 3.29. The SMILES string of the molecule is CC(C)CN=C(NCCc1ccco1)NCCC1CCN(CC(F)(F)F)CC1.I. The molecule has 0 aliphatic carbocycles. The zero-order chi connectivity index (χ0) is 20.4. The number of nitrogens with one attached hydrogen (secondary N) is 2. The zero-order valence-corrected chi connectivity index (χ0v) is 19.6. The van der Waals surface area contributed by atoms with Crippen LogP contribution >= 0.6 is 24.0 Å². The van der Waals surface area contributed by atoms with E-state index in [1.54, 1.807) is 6.26 Å². The lowest BCUT2D eigenvalue weighted by Crippen LogP contribution is -2.42. The Balaban J connectivity index is 0.00000420. The van der Waals surface area contributed by atoms with Crippen LogP contribution in [0.15, 0.2) is 27.8 Å². The van der Waals surface area contributed by atoms with Crippen LogP contribution in [0.5, 0.6) is 0 Å². The van der Waals surface area contributed by atoms with E-state index in [2.05, 4.69) is 29.5 Å². The van der Waals surface area contributed by atoms with E-state index in [9.17, 15) is 13.2 Å². The molecular weight excluding hydrogens is 496 g/mol. The molecule has 0 spiro atoms. The summed E-state index contributed by atoms with van der Waals surface area (Å²) in [6.45, 7) is 6.76.